The Balaban J connectivity index is 4.25. The van der Waals surface area contributed by atoms with Gasteiger partial charge in [0.2, 0.25) is 0 Å². The summed E-state index contributed by atoms with van der Waals surface area (Å²) in [6.45, 7) is 0. The van der Waals surface area contributed by atoms with Gasteiger partial charge in [0, 0.05) is 0 Å². The summed E-state index contributed by atoms with van der Waals surface area (Å²) in [6, 6.07) is -4.62. The lowest BCUT2D eigenvalue weighted by Gasteiger charge is -2.18. The molecule has 0 spiro atoms. The van der Waals surface area contributed by atoms with Gasteiger partial charge in [-0.2, -0.15) is 13.2 Å². The van der Waals surface area contributed by atoms with Gasteiger partial charge in [-0.25, -0.2) is 0 Å². The van der Waals surface area contributed by atoms with Crippen molar-refractivity contribution in [2.75, 3.05) is 0 Å². The van der Waals surface area contributed by atoms with Gasteiger partial charge in [0.1, 0.15) is 12.1 Å². The molecule has 0 aromatic heterocycles. The molecule has 0 aromatic carbocycles. The van der Waals surface area contributed by atoms with Crippen molar-refractivity contribution in [2.45, 2.75) is 18.3 Å². The van der Waals surface area contributed by atoms with Crippen LogP contribution in [0.5, 0.6) is 0 Å². The summed E-state index contributed by atoms with van der Waals surface area (Å²) in [5, 5.41) is 8.01. The van der Waals surface area contributed by atoms with Crippen molar-refractivity contribution in [1.82, 2.24) is 0 Å². The summed E-state index contributed by atoms with van der Waals surface area (Å²) < 4.78 is 34.8. The zero-order valence-electron chi connectivity index (χ0n) is 5.30. The van der Waals surface area contributed by atoms with E-state index in [1.807, 2.05) is 0 Å². The predicted molar refractivity (Wildman–Crippen MR) is 29.6 cm³/mol. The van der Waals surface area contributed by atoms with Crippen molar-refractivity contribution in [1.29, 1.82) is 0 Å². The monoisotopic (exact) mass is 172 g/mol. The highest BCUT2D eigenvalue weighted by Crippen LogP contribution is 2.19. The van der Waals surface area contributed by atoms with E-state index in [9.17, 15) is 18.0 Å². The molecule has 66 valence electrons. The molecule has 11 heavy (non-hydrogen) atoms. The van der Waals surface area contributed by atoms with E-state index < -0.39 is 24.2 Å². The predicted octanol–water partition coefficient (Wildman–Crippen LogP) is -0.712. The average Bonchev–Trinajstić information content (AvgIpc) is 1.82. The molecule has 0 aromatic rings. The van der Waals surface area contributed by atoms with E-state index in [1.54, 1.807) is 0 Å². The number of hydrogen-bond donors (Lipinski definition) is 3. The molecule has 0 fully saturated rings. The van der Waals surface area contributed by atoms with Gasteiger partial charge in [0.05, 0.1) is 0 Å². The smallest absolute Gasteiger partial charge is 0.405 e. The van der Waals surface area contributed by atoms with Crippen molar-refractivity contribution < 1.29 is 23.1 Å². The van der Waals surface area contributed by atoms with Crippen LogP contribution in [0.15, 0.2) is 0 Å². The van der Waals surface area contributed by atoms with E-state index in [4.69, 9.17) is 5.11 Å². The second kappa shape index (κ2) is 3.05. The number of halogens is 3. The highest BCUT2D eigenvalue weighted by atomic mass is 19.4. The number of carboxylic acids is 1. The van der Waals surface area contributed by atoms with E-state index >= 15 is 0 Å². The third-order valence-corrected chi connectivity index (χ3v) is 1.05. The lowest BCUT2D eigenvalue weighted by atomic mass is 10.1. The Morgan fingerprint density at radius 3 is 1.82 bits per heavy atom. The summed E-state index contributed by atoms with van der Waals surface area (Å²) in [4.78, 5) is 9.88. The molecular weight excluding hydrogens is 165 g/mol. The van der Waals surface area contributed by atoms with Crippen molar-refractivity contribution in [3.63, 3.8) is 0 Å². The van der Waals surface area contributed by atoms with Gasteiger partial charge in [-0.1, -0.05) is 0 Å². The lowest BCUT2D eigenvalue weighted by molar-refractivity contribution is -0.164. The van der Waals surface area contributed by atoms with Crippen LogP contribution >= 0.6 is 0 Å². The molecule has 0 rings (SSSR count). The van der Waals surface area contributed by atoms with Gasteiger partial charge in [0.25, 0.3) is 0 Å². The minimum Gasteiger partial charge on any atom is -0.480 e. The molecule has 4 nitrogen and oxygen atoms in total. The first-order chi connectivity index (χ1) is 4.76. The van der Waals surface area contributed by atoms with Crippen LogP contribution in [0, 0.1) is 0 Å². The third-order valence-electron chi connectivity index (χ3n) is 1.05. The van der Waals surface area contributed by atoms with Crippen molar-refractivity contribution in [2.24, 2.45) is 11.5 Å². The number of nitrogens with two attached hydrogens (primary N) is 2. The molecular formula is C4H7F3N2O2. The Labute approximate surface area is 60.0 Å². The fourth-order valence-corrected chi connectivity index (χ4v) is 0.357. The fraction of sp³-hybridized carbons (Fsp3) is 0.750. The summed E-state index contributed by atoms with van der Waals surface area (Å²) >= 11 is 0. The summed E-state index contributed by atoms with van der Waals surface area (Å²) in [7, 11) is 0. The van der Waals surface area contributed by atoms with Crippen LogP contribution in [0.4, 0.5) is 13.2 Å². The van der Waals surface area contributed by atoms with E-state index in [2.05, 4.69) is 11.5 Å². The van der Waals surface area contributed by atoms with Crippen molar-refractivity contribution >= 4 is 5.97 Å². The summed E-state index contributed by atoms with van der Waals surface area (Å²) in [6.07, 6.45) is -4.77. The molecule has 0 aliphatic rings. The highest BCUT2D eigenvalue weighted by molar-refractivity contribution is 5.74. The molecule has 0 aliphatic heterocycles. The summed E-state index contributed by atoms with van der Waals surface area (Å²) in [5.74, 6) is -1.77. The maximum absolute atomic E-state index is 11.6. The molecule has 2 unspecified atom stereocenters. The largest absolute Gasteiger partial charge is 0.480 e. The zero-order valence-corrected chi connectivity index (χ0v) is 5.30. The number of alkyl halides is 3. The maximum Gasteiger partial charge on any atom is 0.405 e. The number of carbonyl (C=O) groups is 1. The van der Waals surface area contributed by atoms with Gasteiger partial charge >= 0.3 is 12.1 Å². The standard InChI is InChI=1S/C4H7F3N2O2/c5-4(6,7)2(9)1(8)3(10)11/h1-2H,8-9H2,(H,10,11). The molecule has 2 atom stereocenters. The molecule has 5 N–H and O–H groups in total. The first-order valence-electron chi connectivity index (χ1n) is 2.57. The van der Waals surface area contributed by atoms with Crippen LogP contribution in [-0.2, 0) is 4.79 Å². The number of rotatable bonds is 2. The first kappa shape index (κ1) is 10.2. The normalized spacial score (nSPS) is 17.5. The molecule has 0 saturated carbocycles. The average molecular weight is 172 g/mol. The lowest BCUT2D eigenvalue weighted by Crippen LogP contribution is -2.55. The minimum absolute atomic E-state index is 1.77. The third kappa shape index (κ3) is 2.72. The molecule has 7 heteroatoms. The molecule has 0 saturated heterocycles. The number of aliphatic carboxylic acids is 1. The Bertz CT molecular complexity index is 158. The first-order valence-corrected chi connectivity index (χ1v) is 2.57. The molecule has 0 heterocycles. The molecule has 0 radical (unpaired) electrons. The van der Waals surface area contributed by atoms with Gasteiger partial charge in [-0.15, -0.1) is 0 Å². The maximum atomic E-state index is 11.6. The SMILES string of the molecule is NC(C(=O)O)C(N)C(F)(F)F. The van der Waals surface area contributed by atoms with E-state index in [-0.39, 0.29) is 0 Å². The van der Waals surface area contributed by atoms with Gasteiger partial charge in [-0.05, 0) is 0 Å². The summed E-state index contributed by atoms with van der Waals surface area (Å²) in [5.41, 5.74) is 9.07. The topological polar surface area (TPSA) is 89.3 Å². The van der Waals surface area contributed by atoms with E-state index in [0.717, 1.165) is 0 Å². The van der Waals surface area contributed by atoms with E-state index in [0.29, 0.717) is 0 Å². The highest BCUT2D eigenvalue weighted by Gasteiger charge is 2.43. The Morgan fingerprint density at radius 1 is 1.36 bits per heavy atom. The van der Waals surface area contributed by atoms with Gasteiger partial charge < -0.3 is 16.6 Å². The Hall–Kier alpha value is -0.820. The van der Waals surface area contributed by atoms with Crippen LogP contribution in [0.25, 0.3) is 0 Å². The zero-order chi connectivity index (χ0) is 9.23. The molecule has 0 bridgehead atoms. The van der Waals surface area contributed by atoms with Crippen LogP contribution < -0.4 is 11.5 Å². The number of hydrogen-bond acceptors (Lipinski definition) is 3. The second-order valence-electron chi connectivity index (χ2n) is 1.93. The number of carboxylic acid groups (broad SMARTS) is 1. The fourth-order valence-electron chi connectivity index (χ4n) is 0.357. The quantitative estimate of drug-likeness (QED) is 0.513. The van der Waals surface area contributed by atoms with Gasteiger partial charge in [0.15, 0.2) is 0 Å². The van der Waals surface area contributed by atoms with Crippen molar-refractivity contribution in [3.05, 3.63) is 0 Å². The van der Waals surface area contributed by atoms with Crippen molar-refractivity contribution in [3.8, 4) is 0 Å². The Morgan fingerprint density at radius 2 is 1.73 bits per heavy atom. The Kier molecular flexibility index (Phi) is 2.83. The minimum atomic E-state index is -4.77. The van der Waals surface area contributed by atoms with Gasteiger partial charge in [-0.3, -0.25) is 4.79 Å². The van der Waals surface area contributed by atoms with Crippen LogP contribution in [0.1, 0.15) is 0 Å². The van der Waals surface area contributed by atoms with Crippen LogP contribution in [-0.4, -0.2) is 29.3 Å². The van der Waals surface area contributed by atoms with E-state index in [1.165, 1.54) is 0 Å². The van der Waals surface area contributed by atoms with Crippen LogP contribution in [0.2, 0.25) is 0 Å². The molecule has 0 aliphatic carbocycles. The second-order valence-corrected chi connectivity index (χ2v) is 1.93. The van der Waals surface area contributed by atoms with Crippen LogP contribution in [0.3, 0.4) is 0 Å². The molecule has 0 amide bonds.